The number of nitrogens with two attached hydrogens (primary N) is 1. The Morgan fingerprint density at radius 1 is 1.14 bits per heavy atom. The van der Waals surface area contributed by atoms with E-state index in [1.807, 2.05) is 43.3 Å². The summed E-state index contributed by atoms with van der Waals surface area (Å²) in [4.78, 5) is 8.15. The van der Waals surface area contributed by atoms with E-state index in [9.17, 15) is 5.26 Å². The third-order valence-corrected chi connectivity index (χ3v) is 3.04. The highest BCUT2D eigenvalue weighted by atomic mass is 15.4. The molecule has 0 aliphatic carbocycles. The van der Waals surface area contributed by atoms with Gasteiger partial charge in [0.2, 0.25) is 5.95 Å². The smallest absolute Gasteiger partial charge is 0.257 e. The fraction of sp³-hybridized carbons (Fsp3) is 0.0714. The van der Waals surface area contributed by atoms with Crippen molar-refractivity contribution < 1.29 is 0 Å². The van der Waals surface area contributed by atoms with Gasteiger partial charge in [-0.3, -0.25) is 0 Å². The molecule has 0 spiro atoms. The third-order valence-electron chi connectivity index (χ3n) is 3.04. The number of fused-ring (bicyclic) bond motifs is 1. The highest BCUT2D eigenvalue weighted by molar-refractivity contribution is 5.61. The van der Waals surface area contributed by atoms with Crippen LogP contribution >= 0.6 is 0 Å². The highest BCUT2D eigenvalue weighted by Crippen LogP contribution is 2.18. The van der Waals surface area contributed by atoms with Crippen LogP contribution in [-0.2, 0) is 0 Å². The lowest BCUT2D eigenvalue weighted by atomic mass is 10.2. The topological polar surface area (TPSA) is 129 Å². The Kier molecular flexibility index (Phi) is 3.05. The maximum Gasteiger partial charge on any atom is 0.257 e. The molecule has 0 saturated carbocycles. The predicted molar refractivity (Wildman–Crippen MR) is 79.1 cm³/mol. The highest BCUT2D eigenvalue weighted by Gasteiger charge is 2.16. The second-order valence-corrected chi connectivity index (χ2v) is 4.58. The molecule has 8 heteroatoms. The molecule has 0 bridgehead atoms. The Morgan fingerprint density at radius 3 is 2.50 bits per heavy atom. The molecule has 0 saturated heterocycles. The minimum Gasteiger partial charge on any atom is -0.382 e. The van der Waals surface area contributed by atoms with Gasteiger partial charge in [0.15, 0.2) is 5.69 Å². The summed E-state index contributed by atoms with van der Waals surface area (Å²) in [5.74, 6) is 0.380. The van der Waals surface area contributed by atoms with Crippen molar-refractivity contribution in [1.29, 1.82) is 10.5 Å². The Bertz CT molecular complexity index is 940. The molecule has 0 fully saturated rings. The summed E-state index contributed by atoms with van der Waals surface area (Å²) < 4.78 is 1.20. The second-order valence-electron chi connectivity index (χ2n) is 4.58. The number of benzene rings is 1. The molecule has 3 rings (SSSR count). The van der Waals surface area contributed by atoms with E-state index in [2.05, 4.69) is 20.4 Å². The molecule has 2 heterocycles. The quantitative estimate of drug-likeness (QED) is 0.731. The van der Waals surface area contributed by atoms with Gasteiger partial charge in [0.05, 0.1) is 0 Å². The monoisotopic (exact) mass is 290 g/mol. The molecule has 0 aliphatic rings. The van der Waals surface area contributed by atoms with Crippen LogP contribution in [0.5, 0.6) is 0 Å². The summed E-state index contributed by atoms with van der Waals surface area (Å²) in [6, 6.07) is 11.4. The lowest BCUT2D eigenvalue weighted by Gasteiger charge is -2.01. The van der Waals surface area contributed by atoms with Crippen LogP contribution in [0.15, 0.2) is 24.3 Å². The molecule has 0 atom stereocenters. The first kappa shape index (κ1) is 13.3. The standard InChI is InChI=1S/C14H10N8/c1-8-2-4-9(5-3-8)18-13-20-14-19-12(17)10(6-15)11(7-16)22(14)21-13/h2-5H,1H3,(H3,17,18,19,20,21). The summed E-state index contributed by atoms with van der Waals surface area (Å²) in [7, 11) is 0. The molecule has 2 aromatic heterocycles. The first-order valence-electron chi connectivity index (χ1n) is 6.32. The number of nitrogens with one attached hydrogen (secondary N) is 1. The van der Waals surface area contributed by atoms with Crippen LogP contribution in [0.1, 0.15) is 16.8 Å². The van der Waals surface area contributed by atoms with Crippen molar-refractivity contribution in [2.24, 2.45) is 0 Å². The minimum atomic E-state index is -0.0409. The molecule has 1 aromatic carbocycles. The summed E-state index contributed by atoms with van der Waals surface area (Å²) in [5, 5.41) is 25.4. The maximum atomic E-state index is 9.21. The summed E-state index contributed by atoms with van der Waals surface area (Å²) in [5.41, 5.74) is 7.59. The molecule has 0 aliphatic heterocycles. The van der Waals surface area contributed by atoms with Gasteiger partial charge in [-0.25, -0.2) is 0 Å². The summed E-state index contributed by atoms with van der Waals surface area (Å²) >= 11 is 0. The van der Waals surface area contributed by atoms with Crippen LogP contribution in [0.4, 0.5) is 17.5 Å². The van der Waals surface area contributed by atoms with Crippen LogP contribution in [0.3, 0.4) is 0 Å². The number of anilines is 3. The fourth-order valence-corrected chi connectivity index (χ4v) is 1.95. The molecule has 22 heavy (non-hydrogen) atoms. The Morgan fingerprint density at radius 2 is 1.86 bits per heavy atom. The first-order chi connectivity index (χ1) is 10.6. The molecule has 0 unspecified atom stereocenters. The molecule has 0 amide bonds. The van der Waals surface area contributed by atoms with E-state index in [1.165, 1.54) is 4.52 Å². The predicted octanol–water partition coefficient (Wildman–Crippen LogP) is 1.50. The van der Waals surface area contributed by atoms with Crippen LogP contribution in [0.2, 0.25) is 0 Å². The van der Waals surface area contributed by atoms with Gasteiger partial charge < -0.3 is 11.1 Å². The van der Waals surface area contributed by atoms with Gasteiger partial charge in [-0.2, -0.15) is 25.0 Å². The SMILES string of the molecule is Cc1ccc(Nc2nc3nc(N)c(C#N)c(C#N)n3n2)cc1. The van der Waals surface area contributed by atoms with Gasteiger partial charge in [-0.1, -0.05) is 17.7 Å². The van der Waals surface area contributed by atoms with Gasteiger partial charge in [-0.15, -0.1) is 5.10 Å². The Balaban J connectivity index is 2.09. The largest absolute Gasteiger partial charge is 0.382 e. The zero-order valence-electron chi connectivity index (χ0n) is 11.6. The summed E-state index contributed by atoms with van der Waals surface area (Å²) in [6.45, 7) is 1.99. The number of hydrogen-bond acceptors (Lipinski definition) is 7. The van der Waals surface area contributed by atoms with E-state index >= 15 is 0 Å². The number of rotatable bonds is 2. The molecule has 3 N–H and O–H groups in total. The van der Waals surface area contributed by atoms with Gasteiger partial charge in [-0.05, 0) is 19.1 Å². The third kappa shape index (κ3) is 2.15. The Labute approximate surface area is 125 Å². The lowest BCUT2D eigenvalue weighted by Crippen LogP contribution is -2.06. The van der Waals surface area contributed by atoms with E-state index in [0.717, 1.165) is 11.3 Å². The van der Waals surface area contributed by atoms with Crippen molar-refractivity contribution in [3.05, 3.63) is 41.1 Å². The van der Waals surface area contributed by atoms with E-state index in [0.29, 0.717) is 0 Å². The second kappa shape index (κ2) is 5.04. The van der Waals surface area contributed by atoms with Crippen molar-refractivity contribution in [1.82, 2.24) is 19.6 Å². The van der Waals surface area contributed by atoms with E-state index < -0.39 is 0 Å². The summed E-state index contributed by atoms with van der Waals surface area (Å²) in [6.07, 6.45) is 0. The molecule has 3 aromatic rings. The van der Waals surface area contributed by atoms with Crippen molar-refractivity contribution in [2.45, 2.75) is 6.92 Å². The van der Waals surface area contributed by atoms with Crippen LogP contribution < -0.4 is 11.1 Å². The van der Waals surface area contributed by atoms with Gasteiger partial charge >= 0.3 is 0 Å². The number of nitriles is 2. The number of aromatic nitrogens is 4. The van der Waals surface area contributed by atoms with Gasteiger partial charge in [0, 0.05) is 5.69 Å². The number of hydrogen-bond donors (Lipinski definition) is 2. The van der Waals surface area contributed by atoms with Gasteiger partial charge in [0.1, 0.15) is 23.5 Å². The number of nitrogen functional groups attached to an aromatic ring is 1. The molecule has 0 radical (unpaired) electrons. The molecule has 106 valence electrons. The van der Waals surface area contributed by atoms with Crippen molar-refractivity contribution in [3.8, 4) is 12.1 Å². The first-order valence-corrected chi connectivity index (χ1v) is 6.32. The van der Waals surface area contributed by atoms with Gasteiger partial charge in [0.25, 0.3) is 5.78 Å². The normalized spacial score (nSPS) is 10.1. The van der Waals surface area contributed by atoms with E-state index in [4.69, 9.17) is 11.0 Å². The zero-order chi connectivity index (χ0) is 15.7. The van der Waals surface area contributed by atoms with E-state index in [-0.39, 0.29) is 28.8 Å². The van der Waals surface area contributed by atoms with Crippen molar-refractivity contribution >= 4 is 23.2 Å². The minimum absolute atomic E-state index is 0.00876. The lowest BCUT2D eigenvalue weighted by molar-refractivity contribution is 0.920. The van der Waals surface area contributed by atoms with E-state index in [1.54, 1.807) is 0 Å². The number of aryl methyl sites for hydroxylation is 1. The molecule has 8 nitrogen and oxygen atoms in total. The average Bonchev–Trinajstić information content (AvgIpc) is 2.90. The van der Waals surface area contributed by atoms with Crippen LogP contribution in [0, 0.1) is 29.6 Å². The average molecular weight is 290 g/mol. The Hall–Kier alpha value is -3.65. The van der Waals surface area contributed by atoms with Crippen molar-refractivity contribution in [2.75, 3.05) is 11.1 Å². The zero-order valence-corrected chi connectivity index (χ0v) is 11.6. The number of nitrogens with zero attached hydrogens (tertiary/aromatic N) is 6. The molecular formula is C14H10N8. The van der Waals surface area contributed by atoms with Crippen molar-refractivity contribution in [3.63, 3.8) is 0 Å². The molecular weight excluding hydrogens is 280 g/mol. The fourth-order valence-electron chi connectivity index (χ4n) is 1.95. The van der Waals surface area contributed by atoms with Crippen LogP contribution in [0.25, 0.3) is 5.78 Å². The van der Waals surface area contributed by atoms with Crippen LogP contribution in [-0.4, -0.2) is 19.6 Å². The maximum absolute atomic E-state index is 9.21.